The van der Waals surface area contributed by atoms with Gasteiger partial charge in [-0.25, -0.2) is 19.9 Å². The number of nitrogens with zero attached hydrogens (tertiary/aromatic N) is 6. The van der Waals surface area contributed by atoms with E-state index < -0.39 is 0 Å². The zero-order chi connectivity index (χ0) is 28.9. The van der Waals surface area contributed by atoms with E-state index in [4.69, 9.17) is 10.2 Å². The molecule has 0 atom stereocenters. The molecule has 1 aliphatic rings. The molecule has 6 rings (SSSR count). The number of nitrogens with one attached hydrogen (secondary N) is 2. The number of fused-ring (bicyclic) bond motifs is 1. The first-order valence-electron chi connectivity index (χ1n) is 14.0. The van der Waals surface area contributed by atoms with Crippen molar-refractivity contribution in [1.29, 1.82) is 5.26 Å². The van der Waals surface area contributed by atoms with Gasteiger partial charge in [0.2, 0.25) is 5.82 Å². The highest BCUT2D eigenvalue weighted by Crippen LogP contribution is 2.33. The number of nitriles is 1. The van der Waals surface area contributed by atoms with Crippen molar-refractivity contribution in [2.24, 2.45) is 0 Å². The number of piperidine rings is 1. The van der Waals surface area contributed by atoms with Gasteiger partial charge in [0.1, 0.15) is 17.6 Å². The third-order valence-electron chi connectivity index (χ3n) is 7.57. The van der Waals surface area contributed by atoms with Crippen LogP contribution in [-0.2, 0) is 6.54 Å². The fraction of sp³-hybridized carbons (Fsp3) is 0.212. The van der Waals surface area contributed by atoms with Crippen molar-refractivity contribution in [2.45, 2.75) is 25.4 Å². The van der Waals surface area contributed by atoms with Gasteiger partial charge >= 0.3 is 0 Å². The van der Waals surface area contributed by atoms with Crippen molar-refractivity contribution in [1.82, 2.24) is 30.2 Å². The molecule has 2 N–H and O–H groups in total. The maximum Gasteiger partial charge on any atom is 0.269 e. The Morgan fingerprint density at radius 2 is 1.76 bits per heavy atom. The van der Waals surface area contributed by atoms with E-state index in [1.54, 1.807) is 31.6 Å². The molecule has 0 saturated carbocycles. The van der Waals surface area contributed by atoms with Crippen molar-refractivity contribution < 1.29 is 4.79 Å². The number of carbonyl (C=O) groups is 1. The third-order valence-corrected chi connectivity index (χ3v) is 7.57. The lowest BCUT2D eigenvalue weighted by Gasteiger charge is -2.32. The number of pyridine rings is 2. The summed E-state index contributed by atoms with van der Waals surface area (Å²) < 4.78 is 0. The fourth-order valence-electron chi connectivity index (χ4n) is 5.35. The molecule has 2 aromatic carbocycles. The van der Waals surface area contributed by atoms with Crippen LogP contribution >= 0.6 is 0 Å². The normalized spacial score (nSPS) is 13.9. The topological polar surface area (TPSA) is 120 Å². The second-order valence-electron chi connectivity index (χ2n) is 10.4. The Balaban J connectivity index is 1.18. The lowest BCUT2D eigenvalue weighted by molar-refractivity contribution is 0.0958. The van der Waals surface area contributed by atoms with Crippen LogP contribution < -0.4 is 10.6 Å². The Morgan fingerprint density at radius 3 is 2.50 bits per heavy atom. The molecule has 3 aromatic heterocycles. The highest BCUT2D eigenvalue weighted by molar-refractivity contribution is 5.97. The number of rotatable bonds is 7. The first-order chi connectivity index (χ1) is 20.6. The molecule has 42 heavy (non-hydrogen) atoms. The van der Waals surface area contributed by atoms with E-state index in [9.17, 15) is 4.79 Å². The molecule has 0 bridgehead atoms. The molecule has 9 heteroatoms. The van der Waals surface area contributed by atoms with Crippen molar-refractivity contribution in [3.05, 3.63) is 102 Å². The number of likely N-dealkylation sites (tertiary alicyclic amines) is 1. The molecular weight excluding hydrogens is 524 g/mol. The van der Waals surface area contributed by atoms with Crippen LogP contribution in [0.3, 0.4) is 0 Å². The monoisotopic (exact) mass is 554 g/mol. The minimum Gasteiger partial charge on any atom is -0.367 e. The van der Waals surface area contributed by atoms with E-state index in [1.807, 2.05) is 24.3 Å². The molecule has 0 aliphatic carbocycles. The van der Waals surface area contributed by atoms with Gasteiger partial charge in [-0.3, -0.25) is 9.69 Å². The summed E-state index contributed by atoms with van der Waals surface area (Å²) in [5.74, 6) is 0.663. The predicted molar refractivity (Wildman–Crippen MR) is 162 cm³/mol. The van der Waals surface area contributed by atoms with E-state index in [0.29, 0.717) is 17.6 Å². The molecule has 0 radical (unpaired) electrons. The number of amides is 1. The van der Waals surface area contributed by atoms with Gasteiger partial charge in [0.05, 0.1) is 17.4 Å². The molecule has 4 heterocycles. The van der Waals surface area contributed by atoms with Gasteiger partial charge in [0, 0.05) is 55.4 Å². The number of anilines is 1. The summed E-state index contributed by atoms with van der Waals surface area (Å²) in [6, 6.07) is 26.8. The summed E-state index contributed by atoms with van der Waals surface area (Å²) in [7, 11) is 1.60. The van der Waals surface area contributed by atoms with Crippen molar-refractivity contribution in [2.75, 3.05) is 25.5 Å². The van der Waals surface area contributed by atoms with Crippen LogP contribution in [-0.4, -0.2) is 56.9 Å². The van der Waals surface area contributed by atoms with E-state index in [1.165, 1.54) is 5.56 Å². The van der Waals surface area contributed by atoms with Crippen LogP contribution in [0.5, 0.6) is 0 Å². The summed E-state index contributed by atoms with van der Waals surface area (Å²) in [6.07, 6.45) is 5.28. The largest absolute Gasteiger partial charge is 0.367 e. The molecule has 1 fully saturated rings. The average Bonchev–Trinajstić information content (AvgIpc) is 3.05. The number of hydrogen-bond acceptors (Lipinski definition) is 8. The standard InChI is InChI=1S/C33H30N8O/c1-35-33(42)28-18-25-17-27(23-5-3-2-4-6-23)32(39-29(25)20-37-28)24-9-7-22(8-10-24)21-41-15-12-26(13-16-41)38-30-11-14-36-31(19-34)40-30/h2-11,14,17-18,20,26H,12-13,15-16,21H2,1H3,(H,35,42)(H,36,38,40). The number of hydrogen-bond donors (Lipinski definition) is 2. The Hall–Kier alpha value is -5.20. The van der Waals surface area contributed by atoms with Gasteiger partial charge in [-0.2, -0.15) is 5.26 Å². The van der Waals surface area contributed by atoms with Crippen LogP contribution in [0.2, 0.25) is 0 Å². The quantitative estimate of drug-likeness (QED) is 0.286. The Morgan fingerprint density at radius 1 is 0.976 bits per heavy atom. The molecule has 0 unspecified atom stereocenters. The Labute approximate surface area is 244 Å². The molecule has 1 aliphatic heterocycles. The summed E-state index contributed by atoms with van der Waals surface area (Å²) in [5, 5.41) is 16.0. The van der Waals surface area contributed by atoms with Crippen molar-refractivity contribution in [3.8, 4) is 28.5 Å². The fourth-order valence-corrected chi connectivity index (χ4v) is 5.35. The maximum atomic E-state index is 12.2. The first kappa shape index (κ1) is 27.0. The highest BCUT2D eigenvalue weighted by atomic mass is 16.1. The van der Waals surface area contributed by atoms with Crippen molar-refractivity contribution in [3.63, 3.8) is 0 Å². The molecule has 1 saturated heterocycles. The van der Waals surface area contributed by atoms with Gasteiger partial charge in [0.25, 0.3) is 5.91 Å². The Kier molecular flexibility index (Phi) is 7.79. The first-order valence-corrected chi connectivity index (χ1v) is 14.0. The molecule has 208 valence electrons. The SMILES string of the molecule is CNC(=O)c1cc2cc(-c3ccccc3)c(-c3ccc(CN4CCC(Nc5ccnc(C#N)n5)CC4)cc3)nc2cn1. The minimum absolute atomic E-state index is 0.183. The zero-order valence-corrected chi connectivity index (χ0v) is 23.3. The number of benzene rings is 2. The number of carbonyl (C=O) groups excluding carboxylic acids is 1. The van der Waals surface area contributed by atoms with Gasteiger partial charge < -0.3 is 10.6 Å². The lowest BCUT2D eigenvalue weighted by Crippen LogP contribution is -2.38. The summed E-state index contributed by atoms with van der Waals surface area (Å²) >= 11 is 0. The van der Waals surface area contributed by atoms with Gasteiger partial charge in [-0.05, 0) is 42.2 Å². The highest BCUT2D eigenvalue weighted by Gasteiger charge is 2.20. The van der Waals surface area contributed by atoms with Crippen LogP contribution in [0.1, 0.15) is 34.7 Å². The smallest absolute Gasteiger partial charge is 0.269 e. The van der Waals surface area contributed by atoms with Gasteiger partial charge in [0.15, 0.2) is 0 Å². The van der Waals surface area contributed by atoms with E-state index in [-0.39, 0.29) is 11.7 Å². The molecule has 0 spiro atoms. The van der Waals surface area contributed by atoms with Crippen LogP contribution in [0.25, 0.3) is 33.3 Å². The van der Waals surface area contributed by atoms with E-state index >= 15 is 0 Å². The predicted octanol–water partition coefficient (Wildman–Crippen LogP) is 5.06. The van der Waals surface area contributed by atoms with Gasteiger partial charge in [-0.1, -0.05) is 54.6 Å². The second kappa shape index (κ2) is 12.1. The van der Waals surface area contributed by atoms with E-state index in [0.717, 1.165) is 65.8 Å². The molecule has 9 nitrogen and oxygen atoms in total. The van der Waals surface area contributed by atoms with Crippen LogP contribution in [0.4, 0.5) is 5.82 Å². The summed E-state index contributed by atoms with van der Waals surface area (Å²) in [4.78, 5) is 32.2. The third kappa shape index (κ3) is 5.94. The van der Waals surface area contributed by atoms with Crippen molar-refractivity contribution >= 4 is 22.6 Å². The van der Waals surface area contributed by atoms with E-state index in [2.05, 4.69) is 72.9 Å². The molecular formula is C33H30N8O. The van der Waals surface area contributed by atoms with Crippen LogP contribution in [0.15, 0.2) is 85.2 Å². The maximum absolute atomic E-state index is 12.2. The summed E-state index contributed by atoms with van der Waals surface area (Å²) in [5.41, 5.74) is 6.33. The second-order valence-corrected chi connectivity index (χ2v) is 10.4. The minimum atomic E-state index is -0.224. The molecule has 1 amide bonds. The van der Waals surface area contributed by atoms with Gasteiger partial charge in [-0.15, -0.1) is 0 Å². The molecule has 5 aromatic rings. The lowest BCUT2D eigenvalue weighted by atomic mass is 9.97. The zero-order valence-electron chi connectivity index (χ0n) is 23.3. The van der Waals surface area contributed by atoms with Crippen LogP contribution in [0, 0.1) is 11.3 Å². The summed E-state index contributed by atoms with van der Waals surface area (Å²) in [6.45, 7) is 2.83. The average molecular weight is 555 g/mol. The number of aromatic nitrogens is 4. The Bertz CT molecular complexity index is 1760.